The zero-order chi connectivity index (χ0) is 14.0. The highest BCUT2D eigenvalue weighted by Crippen LogP contribution is 2.27. The summed E-state index contributed by atoms with van der Waals surface area (Å²) in [6.07, 6.45) is 3.15. The van der Waals surface area contributed by atoms with Gasteiger partial charge in [0.2, 0.25) is 10.0 Å². The molecule has 2 rings (SSSR count). The largest absolute Gasteiger partial charge is 0.392 e. The molecule has 2 N–H and O–H groups in total. The summed E-state index contributed by atoms with van der Waals surface area (Å²) < 4.78 is 40.0. The summed E-state index contributed by atoms with van der Waals surface area (Å²) in [6.45, 7) is -0.150. The molecule has 0 heterocycles. The molecule has 0 amide bonds. The lowest BCUT2D eigenvalue weighted by molar-refractivity contribution is 0.281. The third-order valence-electron chi connectivity index (χ3n) is 3.34. The van der Waals surface area contributed by atoms with Gasteiger partial charge in [-0.15, -0.1) is 0 Å². The fourth-order valence-electron chi connectivity index (χ4n) is 1.90. The van der Waals surface area contributed by atoms with E-state index in [0.717, 1.165) is 25.3 Å². The van der Waals surface area contributed by atoms with E-state index in [-0.39, 0.29) is 15.5 Å². The first-order valence-corrected chi connectivity index (χ1v) is 7.88. The van der Waals surface area contributed by atoms with Crippen LogP contribution in [0, 0.1) is 11.7 Å². The van der Waals surface area contributed by atoms with E-state index in [1.807, 2.05) is 0 Å². The number of aliphatic hydroxyl groups excluding tert-OH is 1. The van der Waals surface area contributed by atoms with Crippen molar-refractivity contribution in [3.63, 3.8) is 0 Å². The number of aliphatic hydroxyl groups is 1. The van der Waals surface area contributed by atoms with E-state index in [4.69, 9.17) is 16.7 Å². The van der Waals surface area contributed by atoms with Gasteiger partial charge in [0.05, 0.1) is 16.5 Å². The van der Waals surface area contributed by atoms with Gasteiger partial charge in [-0.1, -0.05) is 18.0 Å². The standard InChI is InChI=1S/C12H15ClFNO3S/c13-12-9(7-16)4-10(5-11(12)14)19(17,18)15-6-8-2-1-3-8/h4-5,8,15-16H,1-3,6-7H2. The maximum atomic E-state index is 13.5. The van der Waals surface area contributed by atoms with E-state index < -0.39 is 22.4 Å². The number of nitrogens with one attached hydrogen (secondary N) is 1. The maximum absolute atomic E-state index is 13.5. The molecule has 0 aromatic heterocycles. The minimum atomic E-state index is -3.76. The lowest BCUT2D eigenvalue weighted by Gasteiger charge is -2.25. The number of halogens is 2. The molecule has 0 unspecified atom stereocenters. The smallest absolute Gasteiger partial charge is 0.240 e. The van der Waals surface area contributed by atoms with Crippen molar-refractivity contribution in [1.82, 2.24) is 4.72 Å². The molecule has 19 heavy (non-hydrogen) atoms. The summed E-state index contributed by atoms with van der Waals surface area (Å²) in [7, 11) is -3.76. The Morgan fingerprint density at radius 2 is 2.11 bits per heavy atom. The molecule has 1 aromatic rings. The lowest BCUT2D eigenvalue weighted by atomic mass is 9.86. The second-order valence-corrected chi connectivity index (χ2v) is 6.83. The Kier molecular flexibility index (Phi) is 4.45. The summed E-state index contributed by atoms with van der Waals surface area (Å²) in [5.41, 5.74) is 0.0608. The van der Waals surface area contributed by atoms with Gasteiger partial charge in [0.25, 0.3) is 0 Å². The summed E-state index contributed by atoms with van der Waals surface area (Å²) >= 11 is 5.62. The van der Waals surface area contributed by atoms with E-state index in [1.54, 1.807) is 0 Å². The predicted molar refractivity (Wildman–Crippen MR) is 69.9 cm³/mol. The topological polar surface area (TPSA) is 66.4 Å². The van der Waals surface area contributed by atoms with Gasteiger partial charge in [-0.3, -0.25) is 0 Å². The van der Waals surface area contributed by atoms with E-state index in [2.05, 4.69) is 4.72 Å². The molecule has 4 nitrogen and oxygen atoms in total. The molecule has 1 aromatic carbocycles. The highest BCUT2D eigenvalue weighted by atomic mass is 35.5. The molecule has 1 saturated carbocycles. The van der Waals surface area contributed by atoms with Crippen LogP contribution in [0.2, 0.25) is 5.02 Å². The summed E-state index contributed by atoms with van der Waals surface area (Å²) in [5.74, 6) is -0.485. The number of benzene rings is 1. The van der Waals surface area contributed by atoms with Gasteiger partial charge >= 0.3 is 0 Å². The molecule has 1 aliphatic rings. The van der Waals surface area contributed by atoms with Crippen LogP contribution in [-0.2, 0) is 16.6 Å². The molecular weight excluding hydrogens is 293 g/mol. The fraction of sp³-hybridized carbons (Fsp3) is 0.500. The Morgan fingerprint density at radius 1 is 1.42 bits per heavy atom. The van der Waals surface area contributed by atoms with Crippen LogP contribution >= 0.6 is 11.6 Å². The molecule has 1 aliphatic carbocycles. The van der Waals surface area contributed by atoms with Crippen LogP contribution in [0.5, 0.6) is 0 Å². The van der Waals surface area contributed by atoms with Gasteiger partial charge in [-0.2, -0.15) is 0 Å². The van der Waals surface area contributed by atoms with E-state index in [9.17, 15) is 12.8 Å². The van der Waals surface area contributed by atoms with E-state index in [0.29, 0.717) is 12.5 Å². The first kappa shape index (κ1) is 14.7. The van der Waals surface area contributed by atoms with Crippen molar-refractivity contribution >= 4 is 21.6 Å². The summed E-state index contributed by atoms with van der Waals surface area (Å²) in [4.78, 5) is -0.210. The highest BCUT2D eigenvalue weighted by Gasteiger charge is 2.23. The van der Waals surface area contributed by atoms with Gasteiger partial charge < -0.3 is 5.11 Å². The van der Waals surface area contributed by atoms with Crippen molar-refractivity contribution in [2.24, 2.45) is 5.92 Å². The number of sulfonamides is 1. The Bertz CT molecular complexity index is 573. The molecule has 0 aliphatic heterocycles. The van der Waals surface area contributed by atoms with Crippen molar-refractivity contribution in [3.8, 4) is 0 Å². The Hall–Kier alpha value is -0.690. The number of hydrogen-bond acceptors (Lipinski definition) is 3. The van der Waals surface area contributed by atoms with Crippen molar-refractivity contribution in [1.29, 1.82) is 0 Å². The van der Waals surface area contributed by atoms with Crippen LogP contribution in [-0.4, -0.2) is 20.1 Å². The molecule has 0 spiro atoms. The Morgan fingerprint density at radius 3 is 2.63 bits per heavy atom. The fourth-order valence-corrected chi connectivity index (χ4v) is 3.24. The van der Waals surface area contributed by atoms with Crippen LogP contribution in [0.15, 0.2) is 17.0 Å². The third-order valence-corrected chi connectivity index (χ3v) is 5.17. The Balaban J connectivity index is 2.21. The summed E-state index contributed by atoms with van der Waals surface area (Å²) in [5, 5.41) is 8.78. The molecule has 0 bridgehead atoms. The van der Waals surface area contributed by atoms with Gasteiger partial charge in [0.1, 0.15) is 5.82 Å². The second-order valence-electron chi connectivity index (χ2n) is 4.69. The summed E-state index contributed by atoms with van der Waals surface area (Å²) in [6, 6.07) is 2.05. The normalized spacial score (nSPS) is 16.4. The van der Waals surface area contributed by atoms with Crippen LogP contribution in [0.25, 0.3) is 0 Å². The monoisotopic (exact) mass is 307 g/mol. The molecule has 7 heteroatoms. The highest BCUT2D eigenvalue weighted by molar-refractivity contribution is 7.89. The molecular formula is C12H15ClFNO3S. The van der Waals surface area contributed by atoms with Crippen molar-refractivity contribution in [2.45, 2.75) is 30.8 Å². The molecule has 0 atom stereocenters. The van der Waals surface area contributed by atoms with Gasteiger partial charge in [0, 0.05) is 12.1 Å². The molecule has 0 saturated heterocycles. The zero-order valence-corrected chi connectivity index (χ0v) is 11.8. The van der Waals surface area contributed by atoms with Crippen molar-refractivity contribution < 1.29 is 17.9 Å². The SMILES string of the molecule is O=S(=O)(NCC1CCC1)c1cc(F)c(Cl)c(CO)c1. The minimum absolute atomic E-state index is 0.0608. The number of rotatable bonds is 5. The van der Waals surface area contributed by atoms with Crippen LogP contribution in [0.4, 0.5) is 4.39 Å². The van der Waals surface area contributed by atoms with Gasteiger partial charge in [-0.05, 0) is 30.9 Å². The minimum Gasteiger partial charge on any atom is -0.392 e. The average Bonchev–Trinajstić information content (AvgIpc) is 2.30. The van der Waals surface area contributed by atoms with Crippen molar-refractivity contribution in [2.75, 3.05) is 6.54 Å². The molecule has 1 fully saturated rings. The van der Waals surface area contributed by atoms with Crippen molar-refractivity contribution in [3.05, 3.63) is 28.5 Å². The average molecular weight is 308 g/mol. The first-order valence-electron chi connectivity index (χ1n) is 6.02. The van der Waals surface area contributed by atoms with E-state index in [1.165, 1.54) is 6.07 Å². The van der Waals surface area contributed by atoms with Crippen LogP contribution in [0.3, 0.4) is 0 Å². The Labute approximate surface area is 116 Å². The number of hydrogen-bond donors (Lipinski definition) is 2. The van der Waals surface area contributed by atoms with Crippen LogP contribution in [0.1, 0.15) is 24.8 Å². The van der Waals surface area contributed by atoms with Crippen LogP contribution < -0.4 is 4.72 Å². The second kappa shape index (κ2) is 5.75. The van der Waals surface area contributed by atoms with E-state index >= 15 is 0 Å². The quantitative estimate of drug-likeness (QED) is 0.875. The first-order chi connectivity index (χ1) is 8.94. The van der Waals surface area contributed by atoms with Gasteiger partial charge in [-0.25, -0.2) is 17.5 Å². The zero-order valence-electron chi connectivity index (χ0n) is 10.2. The lowest BCUT2D eigenvalue weighted by Crippen LogP contribution is -2.32. The predicted octanol–water partition coefficient (Wildman–Crippen LogP) is 2.05. The van der Waals surface area contributed by atoms with Gasteiger partial charge in [0.15, 0.2) is 0 Å². The third kappa shape index (κ3) is 3.25. The molecule has 0 radical (unpaired) electrons. The molecule has 106 valence electrons. The maximum Gasteiger partial charge on any atom is 0.240 e.